The standard InChI is InChI=1S/C13H13BrClNO2/c14-7-2-1-3-8-16-10-6-4-5-9(15)11(10)12(17)13(16)18/h4-6H,1-3,7-8H2. The molecule has 3 nitrogen and oxygen atoms in total. The minimum Gasteiger partial charge on any atom is -0.305 e. The van der Waals surface area contributed by atoms with Gasteiger partial charge >= 0.3 is 0 Å². The number of nitrogens with zero attached hydrogens (tertiary/aromatic N) is 1. The Hall–Kier alpha value is -0.870. The molecule has 96 valence electrons. The van der Waals surface area contributed by atoms with Crippen molar-refractivity contribution in [2.24, 2.45) is 0 Å². The zero-order chi connectivity index (χ0) is 13.1. The molecule has 0 aliphatic carbocycles. The molecule has 1 aliphatic rings. The molecular formula is C13H13BrClNO2. The maximum atomic E-state index is 11.9. The van der Waals surface area contributed by atoms with Crippen LogP contribution in [0.25, 0.3) is 0 Å². The number of fused-ring (bicyclic) bond motifs is 1. The van der Waals surface area contributed by atoms with Crippen LogP contribution in [-0.4, -0.2) is 23.6 Å². The monoisotopic (exact) mass is 329 g/mol. The van der Waals surface area contributed by atoms with Gasteiger partial charge in [0.2, 0.25) is 0 Å². The third kappa shape index (κ3) is 2.45. The maximum absolute atomic E-state index is 11.9. The van der Waals surface area contributed by atoms with Crippen LogP contribution in [0.4, 0.5) is 5.69 Å². The number of halogens is 2. The van der Waals surface area contributed by atoms with E-state index in [4.69, 9.17) is 11.6 Å². The number of rotatable bonds is 5. The van der Waals surface area contributed by atoms with E-state index in [1.54, 1.807) is 18.2 Å². The van der Waals surface area contributed by atoms with Crippen molar-refractivity contribution in [3.8, 4) is 0 Å². The van der Waals surface area contributed by atoms with Crippen molar-refractivity contribution in [3.63, 3.8) is 0 Å². The summed E-state index contributed by atoms with van der Waals surface area (Å²) in [5.74, 6) is -0.951. The van der Waals surface area contributed by atoms with E-state index in [0.717, 1.165) is 24.6 Å². The summed E-state index contributed by atoms with van der Waals surface area (Å²) in [5, 5.41) is 1.32. The second kappa shape index (κ2) is 5.85. The van der Waals surface area contributed by atoms with Gasteiger partial charge in [-0.25, -0.2) is 0 Å². The van der Waals surface area contributed by atoms with Gasteiger partial charge in [-0.1, -0.05) is 40.0 Å². The molecule has 0 fully saturated rings. The van der Waals surface area contributed by atoms with Gasteiger partial charge < -0.3 is 4.90 Å². The van der Waals surface area contributed by atoms with Gasteiger partial charge in [0.25, 0.3) is 11.7 Å². The van der Waals surface area contributed by atoms with Crippen LogP contribution in [0.2, 0.25) is 5.02 Å². The highest BCUT2D eigenvalue weighted by atomic mass is 79.9. The number of carbonyl (C=O) groups is 2. The molecular weight excluding hydrogens is 318 g/mol. The van der Waals surface area contributed by atoms with Crippen LogP contribution < -0.4 is 4.90 Å². The number of Topliss-reactive ketones (excluding diaryl/α,β-unsaturated/α-hetero) is 1. The van der Waals surface area contributed by atoms with E-state index in [0.29, 0.717) is 22.8 Å². The zero-order valence-corrected chi connectivity index (χ0v) is 12.1. The lowest BCUT2D eigenvalue weighted by Crippen LogP contribution is -2.30. The van der Waals surface area contributed by atoms with E-state index < -0.39 is 11.7 Å². The summed E-state index contributed by atoms with van der Waals surface area (Å²) in [7, 11) is 0. The Morgan fingerprint density at radius 3 is 2.67 bits per heavy atom. The zero-order valence-electron chi connectivity index (χ0n) is 9.79. The first-order valence-electron chi connectivity index (χ1n) is 5.87. The van der Waals surface area contributed by atoms with Crippen LogP contribution in [0, 0.1) is 0 Å². The SMILES string of the molecule is O=C1C(=O)N(CCCCCBr)c2cccc(Cl)c21. The van der Waals surface area contributed by atoms with Crippen LogP contribution in [0.3, 0.4) is 0 Å². The van der Waals surface area contributed by atoms with Crippen molar-refractivity contribution in [1.29, 1.82) is 0 Å². The third-order valence-corrected chi connectivity index (χ3v) is 3.84. The van der Waals surface area contributed by atoms with Gasteiger partial charge in [-0.15, -0.1) is 0 Å². The summed E-state index contributed by atoms with van der Waals surface area (Å²) < 4.78 is 0. The molecule has 0 spiro atoms. The number of alkyl halides is 1. The average molecular weight is 331 g/mol. The predicted molar refractivity (Wildman–Crippen MR) is 75.8 cm³/mol. The molecule has 1 aromatic rings. The normalized spacial score (nSPS) is 14.2. The van der Waals surface area contributed by atoms with Crippen molar-refractivity contribution in [1.82, 2.24) is 0 Å². The summed E-state index contributed by atoms with van der Waals surface area (Å²) in [5.41, 5.74) is 1.00. The molecule has 0 saturated heterocycles. The summed E-state index contributed by atoms with van der Waals surface area (Å²) in [6.07, 6.45) is 2.98. The first-order valence-corrected chi connectivity index (χ1v) is 7.37. The Labute approximate surface area is 119 Å². The third-order valence-electron chi connectivity index (χ3n) is 2.96. The molecule has 2 rings (SSSR count). The van der Waals surface area contributed by atoms with Crippen molar-refractivity contribution >= 4 is 44.9 Å². The van der Waals surface area contributed by atoms with Gasteiger partial charge in [0.1, 0.15) is 0 Å². The highest BCUT2D eigenvalue weighted by molar-refractivity contribution is 9.09. The van der Waals surface area contributed by atoms with Crippen molar-refractivity contribution < 1.29 is 9.59 Å². The highest BCUT2D eigenvalue weighted by Crippen LogP contribution is 2.34. The minimum atomic E-state index is -0.490. The largest absolute Gasteiger partial charge is 0.305 e. The minimum absolute atomic E-state index is 0.352. The number of carbonyl (C=O) groups excluding carboxylic acids is 2. The van der Waals surface area contributed by atoms with E-state index in [1.165, 1.54) is 4.90 Å². The van der Waals surface area contributed by atoms with Gasteiger partial charge in [-0.05, 0) is 25.0 Å². The van der Waals surface area contributed by atoms with Crippen LogP contribution in [0.1, 0.15) is 29.6 Å². The molecule has 1 aromatic carbocycles. The number of unbranched alkanes of at least 4 members (excludes halogenated alkanes) is 2. The molecule has 1 heterocycles. The molecule has 5 heteroatoms. The van der Waals surface area contributed by atoms with Gasteiger partial charge in [-0.2, -0.15) is 0 Å². The second-order valence-corrected chi connectivity index (χ2v) is 5.37. The van der Waals surface area contributed by atoms with Crippen molar-refractivity contribution in [3.05, 3.63) is 28.8 Å². The van der Waals surface area contributed by atoms with Crippen LogP contribution >= 0.6 is 27.5 Å². The Morgan fingerprint density at radius 1 is 1.17 bits per heavy atom. The Kier molecular flexibility index (Phi) is 4.40. The van der Waals surface area contributed by atoms with E-state index >= 15 is 0 Å². The van der Waals surface area contributed by atoms with E-state index in [9.17, 15) is 9.59 Å². The van der Waals surface area contributed by atoms with Gasteiger partial charge in [-0.3, -0.25) is 9.59 Å². The lowest BCUT2D eigenvalue weighted by atomic mass is 10.1. The Bertz CT molecular complexity index is 490. The number of ketones is 1. The molecule has 0 N–H and O–H groups in total. The summed E-state index contributed by atoms with van der Waals surface area (Å²) in [4.78, 5) is 25.3. The van der Waals surface area contributed by atoms with Crippen molar-refractivity contribution in [2.75, 3.05) is 16.8 Å². The van der Waals surface area contributed by atoms with Gasteiger partial charge in [0, 0.05) is 11.9 Å². The first-order chi connectivity index (χ1) is 8.66. The number of hydrogen-bond donors (Lipinski definition) is 0. The fraction of sp³-hybridized carbons (Fsp3) is 0.385. The van der Waals surface area contributed by atoms with E-state index in [2.05, 4.69) is 15.9 Å². The van der Waals surface area contributed by atoms with Crippen LogP contribution in [-0.2, 0) is 4.79 Å². The van der Waals surface area contributed by atoms with Gasteiger partial charge in [0.05, 0.1) is 16.3 Å². The lowest BCUT2D eigenvalue weighted by Gasteiger charge is -2.16. The first kappa shape index (κ1) is 13.6. The molecule has 0 saturated carbocycles. The average Bonchev–Trinajstić information content (AvgIpc) is 2.60. The molecule has 0 aromatic heterocycles. The Morgan fingerprint density at radius 2 is 1.94 bits per heavy atom. The predicted octanol–water partition coefficient (Wildman–Crippen LogP) is 3.43. The summed E-state index contributed by atoms with van der Waals surface area (Å²) >= 11 is 9.34. The Balaban J connectivity index is 2.16. The molecule has 1 amide bonds. The van der Waals surface area contributed by atoms with Crippen LogP contribution in [0.15, 0.2) is 18.2 Å². The number of benzene rings is 1. The molecule has 18 heavy (non-hydrogen) atoms. The van der Waals surface area contributed by atoms with E-state index in [-0.39, 0.29) is 0 Å². The molecule has 0 unspecified atom stereocenters. The van der Waals surface area contributed by atoms with Crippen molar-refractivity contribution in [2.45, 2.75) is 19.3 Å². The number of amides is 1. The number of anilines is 1. The summed E-state index contributed by atoms with van der Waals surface area (Å²) in [6, 6.07) is 5.17. The maximum Gasteiger partial charge on any atom is 0.299 e. The second-order valence-electron chi connectivity index (χ2n) is 4.17. The quantitative estimate of drug-likeness (QED) is 0.471. The lowest BCUT2D eigenvalue weighted by molar-refractivity contribution is -0.114. The highest BCUT2D eigenvalue weighted by Gasteiger charge is 2.36. The van der Waals surface area contributed by atoms with E-state index in [1.807, 2.05) is 0 Å². The summed E-state index contributed by atoms with van der Waals surface area (Å²) in [6.45, 7) is 0.574. The molecule has 0 atom stereocenters. The smallest absolute Gasteiger partial charge is 0.299 e. The fourth-order valence-electron chi connectivity index (χ4n) is 2.06. The van der Waals surface area contributed by atoms with Crippen LogP contribution in [0.5, 0.6) is 0 Å². The molecule has 0 bridgehead atoms. The molecule has 1 aliphatic heterocycles. The number of hydrogen-bond acceptors (Lipinski definition) is 2. The fourth-order valence-corrected chi connectivity index (χ4v) is 2.72. The topological polar surface area (TPSA) is 37.4 Å². The molecule has 0 radical (unpaired) electrons. The van der Waals surface area contributed by atoms with Gasteiger partial charge in [0.15, 0.2) is 0 Å².